The van der Waals surface area contributed by atoms with Crippen molar-refractivity contribution in [2.45, 2.75) is 58.2 Å². The van der Waals surface area contributed by atoms with Gasteiger partial charge in [0.1, 0.15) is 0 Å². The first-order valence-electron chi connectivity index (χ1n) is 7.59. The summed E-state index contributed by atoms with van der Waals surface area (Å²) in [5, 5.41) is 13.5. The quantitative estimate of drug-likeness (QED) is 0.730. The van der Waals surface area contributed by atoms with E-state index in [0.29, 0.717) is 12.6 Å². The number of benzene rings is 1. The Labute approximate surface area is 123 Å². The Morgan fingerprint density at radius 3 is 2.35 bits per heavy atom. The second kappa shape index (κ2) is 8.40. The van der Waals surface area contributed by atoms with Gasteiger partial charge in [0.05, 0.1) is 18.2 Å². The fourth-order valence-corrected chi connectivity index (χ4v) is 2.38. The van der Waals surface area contributed by atoms with Gasteiger partial charge in [-0.1, -0.05) is 37.3 Å². The molecule has 0 saturated heterocycles. The Hall–Kier alpha value is -0.900. The molecule has 2 atom stereocenters. The van der Waals surface area contributed by atoms with E-state index in [2.05, 4.69) is 45.1 Å². The van der Waals surface area contributed by atoms with Gasteiger partial charge >= 0.3 is 0 Å². The van der Waals surface area contributed by atoms with Crippen LogP contribution in [0.1, 0.15) is 46.1 Å². The second-order valence-electron chi connectivity index (χ2n) is 5.74. The lowest BCUT2D eigenvalue weighted by molar-refractivity contribution is 0.0323. The summed E-state index contributed by atoms with van der Waals surface area (Å²) in [5.41, 5.74) is 0.687. The molecule has 0 bridgehead atoms. The number of aliphatic hydroxyl groups is 1. The van der Waals surface area contributed by atoms with Crippen molar-refractivity contribution in [3.05, 3.63) is 35.9 Å². The third-order valence-corrected chi connectivity index (χ3v) is 3.67. The highest BCUT2D eigenvalue weighted by molar-refractivity contribution is 5.25. The summed E-state index contributed by atoms with van der Waals surface area (Å²) < 4.78 is 5.80. The highest BCUT2D eigenvalue weighted by atomic mass is 16.5. The summed E-state index contributed by atoms with van der Waals surface area (Å²) >= 11 is 0. The number of hydrogen-bond acceptors (Lipinski definition) is 3. The molecule has 0 aliphatic heterocycles. The molecule has 1 aromatic rings. The van der Waals surface area contributed by atoms with Crippen molar-refractivity contribution in [3.8, 4) is 0 Å². The van der Waals surface area contributed by atoms with Crippen LogP contribution in [0.4, 0.5) is 0 Å². The Morgan fingerprint density at radius 2 is 1.85 bits per heavy atom. The lowest BCUT2D eigenvalue weighted by atomic mass is 9.87. The number of nitrogens with one attached hydrogen (secondary N) is 1. The summed E-state index contributed by atoms with van der Waals surface area (Å²) in [6.07, 6.45) is 2.03. The van der Waals surface area contributed by atoms with Gasteiger partial charge in [-0.05, 0) is 39.2 Å². The predicted molar refractivity (Wildman–Crippen MR) is 83.8 cm³/mol. The van der Waals surface area contributed by atoms with Crippen LogP contribution in [0.25, 0.3) is 0 Å². The van der Waals surface area contributed by atoms with Crippen molar-refractivity contribution in [3.63, 3.8) is 0 Å². The Morgan fingerprint density at radius 1 is 1.20 bits per heavy atom. The van der Waals surface area contributed by atoms with E-state index in [0.717, 1.165) is 18.4 Å². The van der Waals surface area contributed by atoms with E-state index < -0.39 is 5.54 Å². The Bertz CT molecular complexity index is 367. The van der Waals surface area contributed by atoms with E-state index >= 15 is 0 Å². The SMILES string of the molecule is CCC(C)OCCC(CO)(NC(C)C)c1ccccc1. The molecule has 3 heteroatoms. The minimum Gasteiger partial charge on any atom is -0.394 e. The molecular formula is C17H29NO2. The summed E-state index contributed by atoms with van der Waals surface area (Å²) in [5.74, 6) is 0. The molecule has 0 saturated carbocycles. The lowest BCUT2D eigenvalue weighted by Crippen LogP contribution is -2.49. The van der Waals surface area contributed by atoms with Crippen LogP contribution in [-0.2, 0) is 10.3 Å². The van der Waals surface area contributed by atoms with E-state index in [1.165, 1.54) is 0 Å². The summed E-state index contributed by atoms with van der Waals surface area (Å²) in [7, 11) is 0. The zero-order chi connectivity index (χ0) is 15.0. The van der Waals surface area contributed by atoms with Crippen molar-refractivity contribution in [2.24, 2.45) is 0 Å². The van der Waals surface area contributed by atoms with Crippen LogP contribution in [0.2, 0.25) is 0 Å². The van der Waals surface area contributed by atoms with Gasteiger partial charge in [-0.2, -0.15) is 0 Å². The van der Waals surface area contributed by atoms with Gasteiger partial charge in [0.2, 0.25) is 0 Å². The lowest BCUT2D eigenvalue weighted by Gasteiger charge is -2.36. The molecule has 0 spiro atoms. The van der Waals surface area contributed by atoms with Crippen LogP contribution in [0.5, 0.6) is 0 Å². The van der Waals surface area contributed by atoms with Gasteiger partial charge in [0.25, 0.3) is 0 Å². The number of aliphatic hydroxyl groups excluding tert-OH is 1. The predicted octanol–water partition coefficient (Wildman–Crippen LogP) is 3.08. The van der Waals surface area contributed by atoms with Crippen LogP contribution >= 0.6 is 0 Å². The molecular weight excluding hydrogens is 250 g/mol. The Balaban J connectivity index is 2.83. The molecule has 3 nitrogen and oxygen atoms in total. The van der Waals surface area contributed by atoms with Crippen molar-refractivity contribution in [1.82, 2.24) is 5.32 Å². The average molecular weight is 279 g/mol. The molecule has 114 valence electrons. The fourth-order valence-electron chi connectivity index (χ4n) is 2.38. The topological polar surface area (TPSA) is 41.5 Å². The summed E-state index contributed by atoms with van der Waals surface area (Å²) in [6, 6.07) is 10.4. The van der Waals surface area contributed by atoms with Crippen LogP contribution in [0, 0.1) is 0 Å². The van der Waals surface area contributed by atoms with Gasteiger partial charge < -0.3 is 15.2 Å². The number of ether oxygens (including phenoxy) is 1. The first kappa shape index (κ1) is 17.2. The van der Waals surface area contributed by atoms with Gasteiger partial charge in [0.15, 0.2) is 0 Å². The molecule has 0 heterocycles. The monoisotopic (exact) mass is 279 g/mol. The normalized spacial score (nSPS) is 16.1. The van der Waals surface area contributed by atoms with E-state index in [1.54, 1.807) is 0 Å². The second-order valence-corrected chi connectivity index (χ2v) is 5.74. The first-order chi connectivity index (χ1) is 9.54. The van der Waals surface area contributed by atoms with E-state index in [-0.39, 0.29) is 12.7 Å². The van der Waals surface area contributed by atoms with Gasteiger partial charge in [-0.25, -0.2) is 0 Å². The van der Waals surface area contributed by atoms with Gasteiger partial charge in [-0.3, -0.25) is 0 Å². The number of hydrogen-bond donors (Lipinski definition) is 2. The molecule has 0 fully saturated rings. The fraction of sp³-hybridized carbons (Fsp3) is 0.647. The molecule has 1 rings (SSSR count). The van der Waals surface area contributed by atoms with Crippen LogP contribution in [0.15, 0.2) is 30.3 Å². The first-order valence-corrected chi connectivity index (χ1v) is 7.59. The largest absolute Gasteiger partial charge is 0.394 e. The van der Waals surface area contributed by atoms with Crippen LogP contribution < -0.4 is 5.32 Å². The summed E-state index contributed by atoms with van der Waals surface area (Å²) in [4.78, 5) is 0. The molecule has 0 aliphatic carbocycles. The average Bonchev–Trinajstić information content (AvgIpc) is 2.46. The molecule has 20 heavy (non-hydrogen) atoms. The molecule has 0 aliphatic rings. The Kier molecular flexibility index (Phi) is 7.20. The van der Waals surface area contributed by atoms with Gasteiger partial charge in [0, 0.05) is 12.6 Å². The van der Waals surface area contributed by atoms with Crippen LogP contribution in [0.3, 0.4) is 0 Å². The van der Waals surface area contributed by atoms with Gasteiger partial charge in [-0.15, -0.1) is 0 Å². The minimum atomic E-state index is -0.428. The highest BCUT2D eigenvalue weighted by Crippen LogP contribution is 2.26. The third kappa shape index (κ3) is 4.89. The maximum atomic E-state index is 9.98. The number of rotatable bonds is 9. The summed E-state index contributed by atoms with van der Waals surface area (Å²) in [6.45, 7) is 9.11. The molecule has 0 amide bonds. The van der Waals surface area contributed by atoms with E-state index in [9.17, 15) is 5.11 Å². The zero-order valence-corrected chi connectivity index (χ0v) is 13.2. The minimum absolute atomic E-state index is 0.0685. The van der Waals surface area contributed by atoms with Crippen molar-refractivity contribution < 1.29 is 9.84 Å². The smallest absolute Gasteiger partial charge is 0.0693 e. The highest BCUT2D eigenvalue weighted by Gasteiger charge is 2.31. The van der Waals surface area contributed by atoms with E-state index in [4.69, 9.17) is 4.74 Å². The molecule has 2 unspecified atom stereocenters. The molecule has 1 aromatic carbocycles. The maximum absolute atomic E-state index is 9.98. The standard InChI is InChI=1S/C17H29NO2/c1-5-15(4)20-12-11-17(13-19,18-14(2)3)16-9-7-6-8-10-16/h6-10,14-15,18-19H,5,11-13H2,1-4H3. The molecule has 0 aromatic heterocycles. The van der Waals surface area contributed by atoms with E-state index in [1.807, 2.05) is 18.2 Å². The van der Waals surface area contributed by atoms with Crippen LogP contribution in [-0.4, -0.2) is 30.5 Å². The maximum Gasteiger partial charge on any atom is 0.0693 e. The molecule has 2 N–H and O–H groups in total. The van der Waals surface area contributed by atoms with Crippen molar-refractivity contribution >= 4 is 0 Å². The van der Waals surface area contributed by atoms with Crippen molar-refractivity contribution in [2.75, 3.05) is 13.2 Å². The third-order valence-electron chi connectivity index (χ3n) is 3.67. The molecule has 0 radical (unpaired) electrons. The zero-order valence-electron chi connectivity index (χ0n) is 13.2. The van der Waals surface area contributed by atoms with Crippen molar-refractivity contribution in [1.29, 1.82) is 0 Å².